The van der Waals surface area contributed by atoms with Crippen LogP contribution < -0.4 is 5.73 Å². The third-order valence-corrected chi connectivity index (χ3v) is 3.46. The van der Waals surface area contributed by atoms with Gasteiger partial charge in [0.25, 0.3) is 0 Å². The smallest absolute Gasteiger partial charge is 0.337 e. The van der Waals surface area contributed by atoms with E-state index in [2.05, 4.69) is 0 Å². The van der Waals surface area contributed by atoms with E-state index < -0.39 is 5.97 Å². The minimum atomic E-state index is -1.10. The van der Waals surface area contributed by atoms with Crippen LogP contribution in [0.15, 0.2) is 52.3 Å². The number of nitriles is 1. The second-order valence-electron chi connectivity index (χ2n) is 3.80. The predicted octanol–water partition coefficient (Wildman–Crippen LogP) is 2.99. The number of benzene rings is 2. The molecule has 0 atom stereocenters. The summed E-state index contributed by atoms with van der Waals surface area (Å²) in [4.78, 5) is 12.7. The van der Waals surface area contributed by atoms with Crippen LogP contribution in [0.25, 0.3) is 0 Å². The zero-order valence-electron chi connectivity index (χ0n) is 9.83. The van der Waals surface area contributed by atoms with E-state index in [1.807, 2.05) is 18.2 Å². The average molecular weight is 270 g/mol. The lowest BCUT2D eigenvalue weighted by atomic mass is 10.1. The van der Waals surface area contributed by atoms with E-state index in [1.165, 1.54) is 17.8 Å². The first-order valence-electron chi connectivity index (χ1n) is 5.41. The summed E-state index contributed by atoms with van der Waals surface area (Å²) in [6, 6.07) is 13.9. The van der Waals surface area contributed by atoms with Gasteiger partial charge in [-0.25, -0.2) is 4.79 Å². The lowest BCUT2D eigenvalue weighted by Gasteiger charge is -2.04. The molecule has 0 amide bonds. The first-order chi connectivity index (χ1) is 9.10. The molecule has 0 bridgehead atoms. The number of anilines is 1. The summed E-state index contributed by atoms with van der Waals surface area (Å²) in [6.07, 6.45) is 0. The van der Waals surface area contributed by atoms with Crippen molar-refractivity contribution in [1.29, 1.82) is 5.26 Å². The number of hydrogen-bond donors (Lipinski definition) is 2. The number of carboxylic acids is 1. The van der Waals surface area contributed by atoms with Crippen LogP contribution >= 0.6 is 11.8 Å². The lowest BCUT2D eigenvalue weighted by molar-refractivity contribution is 0.0696. The summed E-state index contributed by atoms with van der Waals surface area (Å²) in [5.41, 5.74) is 6.46. The number of carbonyl (C=O) groups is 1. The molecule has 0 aliphatic rings. The number of aromatic carboxylic acids is 1. The van der Waals surface area contributed by atoms with Crippen molar-refractivity contribution >= 4 is 23.4 Å². The van der Waals surface area contributed by atoms with Crippen LogP contribution in [0.4, 0.5) is 5.69 Å². The third-order valence-electron chi connectivity index (χ3n) is 2.46. The van der Waals surface area contributed by atoms with E-state index in [9.17, 15) is 4.79 Å². The van der Waals surface area contributed by atoms with Crippen molar-refractivity contribution in [3.8, 4) is 6.07 Å². The Bertz CT molecular complexity index is 660. The number of nitrogen functional groups attached to an aromatic ring is 1. The molecule has 0 spiro atoms. The Morgan fingerprint density at radius 2 is 1.79 bits per heavy atom. The average Bonchev–Trinajstić information content (AvgIpc) is 2.41. The second kappa shape index (κ2) is 5.46. The fourth-order valence-electron chi connectivity index (χ4n) is 1.54. The summed E-state index contributed by atoms with van der Waals surface area (Å²) in [6.45, 7) is 0. The van der Waals surface area contributed by atoms with E-state index in [0.717, 1.165) is 9.79 Å². The van der Waals surface area contributed by atoms with Gasteiger partial charge in [0.05, 0.1) is 11.1 Å². The minimum Gasteiger partial charge on any atom is -0.478 e. The Labute approximate surface area is 114 Å². The number of hydrogen-bond acceptors (Lipinski definition) is 4. The number of rotatable bonds is 3. The maximum atomic E-state index is 10.9. The van der Waals surface area contributed by atoms with Crippen molar-refractivity contribution in [3.63, 3.8) is 0 Å². The number of nitrogens with two attached hydrogens (primary N) is 1. The predicted molar refractivity (Wildman–Crippen MR) is 73.1 cm³/mol. The third kappa shape index (κ3) is 3.06. The van der Waals surface area contributed by atoms with Gasteiger partial charge in [-0.2, -0.15) is 5.26 Å². The Kier molecular flexibility index (Phi) is 3.74. The fraction of sp³-hybridized carbons (Fsp3) is 0. The molecule has 0 saturated heterocycles. The molecule has 4 nitrogen and oxygen atoms in total. The van der Waals surface area contributed by atoms with Crippen LogP contribution in [-0.4, -0.2) is 11.1 Å². The summed E-state index contributed by atoms with van der Waals surface area (Å²) in [7, 11) is 0. The molecule has 0 fully saturated rings. The van der Waals surface area contributed by atoms with Crippen molar-refractivity contribution in [2.75, 3.05) is 5.73 Å². The van der Waals surface area contributed by atoms with Gasteiger partial charge in [-0.1, -0.05) is 11.8 Å². The Morgan fingerprint density at radius 3 is 2.37 bits per heavy atom. The molecule has 0 saturated carbocycles. The van der Waals surface area contributed by atoms with Crippen LogP contribution in [0.3, 0.4) is 0 Å². The van der Waals surface area contributed by atoms with Gasteiger partial charge in [0.2, 0.25) is 0 Å². The van der Waals surface area contributed by atoms with Crippen molar-refractivity contribution in [2.24, 2.45) is 0 Å². The maximum absolute atomic E-state index is 10.9. The fourth-order valence-corrected chi connectivity index (χ4v) is 2.39. The highest BCUT2D eigenvalue weighted by molar-refractivity contribution is 7.99. The van der Waals surface area contributed by atoms with Gasteiger partial charge in [-0.3, -0.25) is 0 Å². The quantitative estimate of drug-likeness (QED) is 0.837. The SMILES string of the molecule is N#Cc1cc(Sc2ccc(N)cc2)ccc1C(=O)O. The minimum absolute atomic E-state index is 0.0177. The maximum Gasteiger partial charge on any atom is 0.337 e. The zero-order valence-corrected chi connectivity index (χ0v) is 10.6. The van der Waals surface area contributed by atoms with E-state index >= 15 is 0 Å². The highest BCUT2D eigenvalue weighted by Crippen LogP contribution is 2.29. The van der Waals surface area contributed by atoms with Crippen LogP contribution in [-0.2, 0) is 0 Å². The molecule has 3 N–H and O–H groups in total. The lowest BCUT2D eigenvalue weighted by Crippen LogP contribution is -1.99. The highest BCUT2D eigenvalue weighted by Gasteiger charge is 2.10. The molecule has 0 unspecified atom stereocenters. The highest BCUT2D eigenvalue weighted by atomic mass is 32.2. The molecule has 0 aromatic heterocycles. The Balaban J connectivity index is 2.29. The number of nitrogens with zero attached hydrogens (tertiary/aromatic N) is 1. The van der Waals surface area contributed by atoms with Gasteiger partial charge in [0, 0.05) is 15.5 Å². The van der Waals surface area contributed by atoms with Gasteiger partial charge in [0.15, 0.2) is 0 Å². The number of carboxylic acid groups (broad SMARTS) is 1. The van der Waals surface area contributed by atoms with Crippen molar-refractivity contribution in [2.45, 2.75) is 9.79 Å². The van der Waals surface area contributed by atoms with Crippen LogP contribution in [0.1, 0.15) is 15.9 Å². The van der Waals surface area contributed by atoms with Crippen LogP contribution in [0, 0.1) is 11.3 Å². The summed E-state index contributed by atoms with van der Waals surface area (Å²) in [5.74, 6) is -1.10. The van der Waals surface area contributed by atoms with Crippen molar-refractivity contribution in [1.82, 2.24) is 0 Å². The normalized spacial score (nSPS) is 9.84. The Morgan fingerprint density at radius 1 is 1.16 bits per heavy atom. The summed E-state index contributed by atoms with van der Waals surface area (Å²) in [5, 5.41) is 17.9. The molecule has 2 aromatic rings. The van der Waals surface area contributed by atoms with Gasteiger partial charge in [-0.15, -0.1) is 0 Å². The molecule has 0 radical (unpaired) electrons. The van der Waals surface area contributed by atoms with Crippen LogP contribution in [0.5, 0.6) is 0 Å². The first kappa shape index (κ1) is 13.0. The largest absolute Gasteiger partial charge is 0.478 e. The molecule has 0 heterocycles. The molecule has 0 aliphatic heterocycles. The molecule has 2 rings (SSSR count). The summed E-state index contributed by atoms with van der Waals surface area (Å²) >= 11 is 1.45. The molecule has 19 heavy (non-hydrogen) atoms. The molecular weight excluding hydrogens is 260 g/mol. The molecule has 0 aliphatic carbocycles. The Hall–Kier alpha value is -2.45. The van der Waals surface area contributed by atoms with E-state index in [1.54, 1.807) is 24.3 Å². The van der Waals surface area contributed by atoms with E-state index in [-0.39, 0.29) is 11.1 Å². The molecular formula is C14H10N2O2S. The topological polar surface area (TPSA) is 87.1 Å². The standard InChI is InChI=1S/C14H10N2O2S/c15-8-9-7-12(5-6-13(9)14(17)18)19-11-3-1-10(16)2-4-11/h1-7H,16H2,(H,17,18). The van der Waals surface area contributed by atoms with Gasteiger partial charge >= 0.3 is 5.97 Å². The summed E-state index contributed by atoms with van der Waals surface area (Å²) < 4.78 is 0. The molecule has 5 heteroatoms. The molecule has 94 valence electrons. The van der Waals surface area contributed by atoms with Gasteiger partial charge in [-0.05, 0) is 42.5 Å². The molecule has 2 aromatic carbocycles. The second-order valence-corrected chi connectivity index (χ2v) is 4.94. The van der Waals surface area contributed by atoms with E-state index in [0.29, 0.717) is 5.69 Å². The van der Waals surface area contributed by atoms with Crippen molar-refractivity contribution in [3.05, 3.63) is 53.6 Å². The van der Waals surface area contributed by atoms with Crippen molar-refractivity contribution < 1.29 is 9.90 Å². The van der Waals surface area contributed by atoms with Gasteiger partial charge in [0.1, 0.15) is 6.07 Å². The monoisotopic (exact) mass is 270 g/mol. The van der Waals surface area contributed by atoms with Crippen LogP contribution in [0.2, 0.25) is 0 Å². The zero-order chi connectivity index (χ0) is 13.8. The first-order valence-corrected chi connectivity index (χ1v) is 6.22. The van der Waals surface area contributed by atoms with Gasteiger partial charge < -0.3 is 10.8 Å². The van der Waals surface area contributed by atoms with E-state index in [4.69, 9.17) is 16.1 Å².